The Morgan fingerprint density at radius 2 is 1.09 bits per heavy atom. The molecule has 0 saturated heterocycles. The van der Waals surface area contributed by atoms with Gasteiger partial charge in [0.05, 0.1) is 0 Å². The topological polar surface area (TPSA) is 114 Å². The van der Waals surface area contributed by atoms with E-state index in [0.29, 0.717) is 0 Å². The van der Waals surface area contributed by atoms with E-state index >= 15 is 0 Å². The Labute approximate surface area is 191 Å². The molecule has 0 amide bonds. The summed E-state index contributed by atoms with van der Waals surface area (Å²) in [6, 6.07) is 0. The number of rotatable bonds is 2. The standard InChI is InChI=1S/2C5H5.C3H6.C2H6Si.2CHF3O3S.Ti/c2*1-2-4-5-3-1;2*1-3-2;2*2-1(3,4)8(5,6)7;/h2*1-3H,4H2;2*1-2H3;2*(H,5,6,7);/q;;;;;;+2/p-2. The van der Waals surface area contributed by atoms with Crippen molar-refractivity contribution in [2.75, 3.05) is 0 Å². The molecule has 0 N–H and O–H groups in total. The van der Waals surface area contributed by atoms with E-state index in [1.54, 1.807) is 11.6 Å². The van der Waals surface area contributed by atoms with Gasteiger partial charge in [0.2, 0.25) is 0 Å². The van der Waals surface area contributed by atoms with Crippen LogP contribution < -0.4 is 0 Å². The van der Waals surface area contributed by atoms with Crippen LogP contribution in [0.3, 0.4) is 0 Å². The second-order valence-electron chi connectivity index (χ2n) is 7.20. The van der Waals surface area contributed by atoms with Crippen molar-refractivity contribution in [2.24, 2.45) is 0 Å². The van der Waals surface area contributed by atoms with Crippen LogP contribution in [0, 0.1) is 0 Å². The van der Waals surface area contributed by atoms with E-state index in [1.807, 2.05) is 0 Å². The van der Waals surface area contributed by atoms with E-state index in [4.69, 9.17) is 25.9 Å². The van der Waals surface area contributed by atoms with E-state index in [0.717, 1.165) is 0 Å². The van der Waals surface area contributed by atoms with Crippen LogP contribution in [0.4, 0.5) is 26.3 Å². The fraction of sp³-hybridized carbons (Fsp3) is 0.471. The fourth-order valence-electron chi connectivity index (χ4n) is 3.44. The molecule has 0 spiro atoms. The molecule has 33 heavy (non-hydrogen) atoms. The van der Waals surface area contributed by atoms with Gasteiger partial charge in [0.1, 0.15) is 0 Å². The molecule has 0 unspecified atom stereocenters. The summed E-state index contributed by atoms with van der Waals surface area (Å²) in [6.07, 6.45) is 16.3. The average molecular weight is 576 g/mol. The smallest absolute Gasteiger partial charge is 0.485 e. The minimum Gasteiger partial charge on any atom is -0.741 e. The Bertz CT molecular complexity index is 1090. The van der Waals surface area contributed by atoms with Crippen LogP contribution in [-0.2, 0) is 35.1 Å². The molecule has 0 radical (unpaired) electrons. The summed E-state index contributed by atoms with van der Waals surface area (Å²) < 4.78 is 123. The monoisotopic (exact) mass is 576 g/mol. The first-order valence-corrected chi connectivity index (χ1v) is 19.0. The Kier molecular flexibility index (Phi) is 11.4. The van der Waals surface area contributed by atoms with Gasteiger partial charge in [-0.05, 0) is 0 Å². The first kappa shape index (κ1) is 32.2. The maximum absolute atomic E-state index is 10.7. The molecule has 0 aromatic rings. The summed E-state index contributed by atoms with van der Waals surface area (Å²) in [5.41, 5.74) is -11.3. The van der Waals surface area contributed by atoms with Gasteiger partial charge in [0.25, 0.3) is 0 Å². The maximum Gasteiger partial charge on any atom is 0.485 e. The van der Waals surface area contributed by atoms with Gasteiger partial charge in [-0.25, -0.2) is 16.8 Å². The zero-order valence-electron chi connectivity index (χ0n) is 17.9. The van der Waals surface area contributed by atoms with Crippen LogP contribution in [0.25, 0.3) is 0 Å². The molecular weight excluding hydrogens is 554 g/mol. The molecule has 0 atom stereocenters. The van der Waals surface area contributed by atoms with Gasteiger partial charge in [-0.2, -0.15) is 26.3 Å². The van der Waals surface area contributed by atoms with Crippen molar-refractivity contribution in [2.45, 2.75) is 50.8 Å². The molecule has 0 bridgehead atoms. The van der Waals surface area contributed by atoms with Crippen LogP contribution in [0.5, 0.6) is 0 Å². The van der Waals surface area contributed by atoms with Crippen LogP contribution in [0.2, 0.25) is 13.1 Å². The Hall–Kier alpha value is -0.839. The molecule has 2 aliphatic carbocycles. The molecular formula is C17H22F6O6S2SiTi. The third-order valence-corrected chi connectivity index (χ3v) is 25.5. The van der Waals surface area contributed by atoms with Crippen molar-refractivity contribution in [3.05, 3.63) is 44.2 Å². The van der Waals surface area contributed by atoms with E-state index in [1.165, 1.54) is 12.8 Å². The number of alkyl halides is 6. The molecule has 188 valence electrons. The molecule has 0 aromatic carbocycles. The van der Waals surface area contributed by atoms with Crippen molar-refractivity contribution < 1.29 is 67.1 Å². The molecule has 0 fully saturated rings. The Balaban J connectivity index is 0.000000539. The zero-order valence-corrected chi connectivity index (χ0v) is 22.1. The predicted octanol–water partition coefficient (Wildman–Crippen LogP) is 4.39. The first-order chi connectivity index (χ1) is 14.6. The van der Waals surface area contributed by atoms with Crippen LogP contribution >= 0.6 is 0 Å². The van der Waals surface area contributed by atoms with E-state index in [9.17, 15) is 26.3 Å². The number of hydrogen-bond donors (Lipinski definition) is 0. The van der Waals surface area contributed by atoms with Crippen molar-refractivity contribution in [1.82, 2.24) is 0 Å². The normalized spacial score (nSPS) is 15.3. The summed E-state index contributed by atoms with van der Waals surface area (Å²) in [5.74, 6) is 0. The number of hydrogen-bond acceptors (Lipinski definition) is 6. The second kappa shape index (κ2) is 11.7. The first-order valence-electron chi connectivity index (χ1n) is 8.98. The molecule has 16 heteroatoms. The molecule has 0 aliphatic heterocycles. The summed E-state index contributed by atoms with van der Waals surface area (Å²) in [4.78, 5) is 0. The summed E-state index contributed by atoms with van der Waals surface area (Å²) in [5, 5.41) is 0. The van der Waals surface area contributed by atoms with E-state index < -0.39 is 46.1 Å². The summed E-state index contributed by atoms with van der Waals surface area (Å²) in [6.45, 7) is 9.87. The van der Waals surface area contributed by atoms with Crippen molar-refractivity contribution in [3.63, 3.8) is 0 Å². The average Bonchev–Trinajstić information content (AvgIpc) is 3.26. The molecule has 0 heterocycles. The largest absolute Gasteiger partial charge is 0.741 e. The molecule has 2 aliphatic rings. The van der Waals surface area contributed by atoms with Gasteiger partial charge in [0, 0.05) is 0 Å². The number of halogens is 6. The van der Waals surface area contributed by atoms with E-state index in [-0.39, 0.29) is 6.19 Å². The Morgan fingerprint density at radius 3 is 1.21 bits per heavy atom. The molecule has 6 nitrogen and oxygen atoms in total. The van der Waals surface area contributed by atoms with Gasteiger partial charge in [-0.1, -0.05) is 0 Å². The quantitative estimate of drug-likeness (QED) is 0.209. The van der Waals surface area contributed by atoms with Crippen molar-refractivity contribution in [1.29, 1.82) is 0 Å². The second-order valence-corrected chi connectivity index (χ2v) is 25.6. The molecule has 0 aromatic heterocycles. The van der Waals surface area contributed by atoms with E-state index in [2.05, 4.69) is 63.4 Å². The van der Waals surface area contributed by atoms with Crippen LogP contribution in [0.15, 0.2) is 44.2 Å². The van der Waals surface area contributed by atoms with Crippen molar-refractivity contribution in [3.8, 4) is 0 Å². The summed E-state index contributed by atoms with van der Waals surface area (Å²) >= 11 is -2.08. The van der Waals surface area contributed by atoms with Gasteiger partial charge in [0.15, 0.2) is 20.2 Å². The Morgan fingerprint density at radius 1 is 0.818 bits per heavy atom. The van der Waals surface area contributed by atoms with Gasteiger partial charge in [-0.15, -0.1) is 0 Å². The maximum atomic E-state index is 10.7. The van der Waals surface area contributed by atoms with Crippen molar-refractivity contribution >= 4 is 30.2 Å². The third-order valence-electron chi connectivity index (χ3n) is 4.57. The van der Waals surface area contributed by atoms with Gasteiger partial charge < -0.3 is 9.11 Å². The van der Waals surface area contributed by atoms with Crippen LogP contribution in [0.1, 0.15) is 26.7 Å². The van der Waals surface area contributed by atoms with Gasteiger partial charge in [-0.3, -0.25) is 0 Å². The minimum atomic E-state index is -6.09. The van der Waals surface area contributed by atoms with Gasteiger partial charge >= 0.3 is 120 Å². The van der Waals surface area contributed by atoms with Crippen LogP contribution in [-0.4, -0.2) is 47.0 Å². The zero-order chi connectivity index (χ0) is 26.5. The molecule has 2 rings (SSSR count). The fourth-order valence-corrected chi connectivity index (χ4v) is 23.0. The minimum absolute atomic E-state index is 0.264. The number of allylic oxidation sites excluding steroid dienone is 8. The summed E-state index contributed by atoms with van der Waals surface area (Å²) in [7, 11) is -12.2. The predicted molar refractivity (Wildman–Crippen MR) is 109 cm³/mol. The SMILES string of the molecule is C[C](C)=[Ti+2]([C]1=CC=CC1)([C]1=CC=CC1)=[Si](C)C.O=S(=O)([O-])C(F)(F)F.O=S(=O)([O-])C(F)(F)F. The molecule has 0 saturated carbocycles. The third kappa shape index (κ3) is 8.71.